The summed E-state index contributed by atoms with van der Waals surface area (Å²) in [6.45, 7) is 7.10. The molecule has 0 aliphatic carbocycles. The lowest BCUT2D eigenvalue weighted by Crippen LogP contribution is -2.53. The summed E-state index contributed by atoms with van der Waals surface area (Å²) in [5.74, 6) is -0.198. The number of hydrogen-bond donors (Lipinski definition) is 1. The quantitative estimate of drug-likeness (QED) is 0.820. The van der Waals surface area contributed by atoms with Gasteiger partial charge in [-0.05, 0) is 61.4 Å². The third-order valence-corrected chi connectivity index (χ3v) is 6.01. The number of aryl methyl sites for hydroxylation is 1. The van der Waals surface area contributed by atoms with Crippen molar-refractivity contribution in [3.8, 4) is 0 Å². The van der Waals surface area contributed by atoms with E-state index in [9.17, 15) is 9.59 Å². The molecule has 1 fully saturated rings. The smallest absolute Gasteiger partial charge is 0.271 e. The van der Waals surface area contributed by atoms with Crippen LogP contribution in [-0.2, 0) is 9.59 Å². The van der Waals surface area contributed by atoms with Gasteiger partial charge in [-0.1, -0.05) is 23.7 Å². The molecule has 2 aromatic carbocycles. The van der Waals surface area contributed by atoms with Crippen LogP contribution in [0.2, 0.25) is 5.02 Å². The molecule has 2 aliphatic heterocycles. The fourth-order valence-electron chi connectivity index (χ4n) is 3.84. The Morgan fingerprint density at radius 1 is 1.00 bits per heavy atom. The van der Waals surface area contributed by atoms with Crippen LogP contribution >= 0.6 is 11.6 Å². The average molecular weight is 425 g/mol. The maximum atomic E-state index is 13.1. The van der Waals surface area contributed by atoms with Crippen LogP contribution in [0.1, 0.15) is 17.5 Å². The molecule has 6 nitrogen and oxygen atoms in total. The molecule has 7 heteroatoms. The standard InChI is InChI=1S/C23H25ClN4O2/c1-16-4-3-5-21(17(16)2)26-12-14-27(15-13-26)23(30)20-10-11-22(29)28(25-20)19-8-6-18(24)7-9-19/h3-10,25H,11-15H2,1-2H3. The lowest BCUT2D eigenvalue weighted by Gasteiger charge is -2.38. The fraction of sp³-hybridized carbons (Fsp3) is 0.304. The number of benzene rings is 2. The van der Waals surface area contributed by atoms with E-state index >= 15 is 0 Å². The number of nitrogens with one attached hydrogen (secondary N) is 1. The van der Waals surface area contributed by atoms with Gasteiger partial charge in [-0.15, -0.1) is 0 Å². The van der Waals surface area contributed by atoms with Gasteiger partial charge in [-0.2, -0.15) is 0 Å². The Morgan fingerprint density at radius 3 is 2.40 bits per heavy atom. The van der Waals surface area contributed by atoms with E-state index in [-0.39, 0.29) is 18.2 Å². The summed E-state index contributed by atoms with van der Waals surface area (Å²) in [7, 11) is 0. The van der Waals surface area contributed by atoms with Crippen molar-refractivity contribution in [3.63, 3.8) is 0 Å². The van der Waals surface area contributed by atoms with Crippen LogP contribution in [0.25, 0.3) is 0 Å². The number of hydrazine groups is 1. The zero-order valence-corrected chi connectivity index (χ0v) is 17.9. The normalized spacial score (nSPS) is 17.0. The minimum atomic E-state index is -0.117. The van der Waals surface area contributed by atoms with Crippen LogP contribution in [0.4, 0.5) is 11.4 Å². The van der Waals surface area contributed by atoms with Crippen molar-refractivity contribution in [2.24, 2.45) is 0 Å². The second-order valence-electron chi connectivity index (χ2n) is 7.64. The van der Waals surface area contributed by atoms with Gasteiger partial charge in [-0.3, -0.25) is 15.0 Å². The molecule has 0 spiro atoms. The number of anilines is 2. The van der Waals surface area contributed by atoms with Crippen molar-refractivity contribution in [1.82, 2.24) is 10.3 Å². The lowest BCUT2D eigenvalue weighted by molar-refractivity contribution is -0.128. The van der Waals surface area contributed by atoms with Crippen LogP contribution in [-0.4, -0.2) is 42.9 Å². The van der Waals surface area contributed by atoms with E-state index in [0.29, 0.717) is 29.5 Å². The number of nitrogens with zero attached hydrogens (tertiary/aromatic N) is 3. The highest BCUT2D eigenvalue weighted by Crippen LogP contribution is 2.25. The van der Waals surface area contributed by atoms with E-state index < -0.39 is 0 Å². The molecule has 0 aromatic heterocycles. The van der Waals surface area contributed by atoms with Crippen molar-refractivity contribution in [2.45, 2.75) is 20.3 Å². The SMILES string of the molecule is Cc1cccc(N2CCN(C(=O)C3=CCC(=O)N(c4ccc(Cl)cc4)N3)CC2)c1C. The predicted molar refractivity (Wildman–Crippen MR) is 119 cm³/mol. The molecular weight excluding hydrogens is 400 g/mol. The number of carbonyl (C=O) groups is 2. The first-order valence-electron chi connectivity index (χ1n) is 10.1. The topological polar surface area (TPSA) is 55.9 Å². The molecule has 4 rings (SSSR count). The Bertz CT molecular complexity index is 995. The molecule has 0 unspecified atom stereocenters. The average Bonchev–Trinajstić information content (AvgIpc) is 2.76. The number of amides is 2. The summed E-state index contributed by atoms with van der Waals surface area (Å²) in [4.78, 5) is 29.6. The molecule has 2 amide bonds. The molecule has 1 N–H and O–H groups in total. The van der Waals surface area contributed by atoms with Gasteiger partial charge in [0.1, 0.15) is 5.70 Å². The summed E-state index contributed by atoms with van der Waals surface area (Å²) in [6, 6.07) is 13.3. The number of rotatable bonds is 3. The second kappa shape index (κ2) is 8.40. The van der Waals surface area contributed by atoms with Gasteiger partial charge in [0.15, 0.2) is 0 Å². The van der Waals surface area contributed by atoms with Crippen molar-refractivity contribution in [2.75, 3.05) is 36.1 Å². The minimum absolute atomic E-state index is 0.0814. The van der Waals surface area contributed by atoms with Crippen LogP contribution in [0.3, 0.4) is 0 Å². The van der Waals surface area contributed by atoms with Gasteiger partial charge in [0.2, 0.25) is 5.91 Å². The number of carbonyl (C=O) groups excluding carboxylic acids is 2. The first kappa shape index (κ1) is 20.3. The van der Waals surface area contributed by atoms with Crippen LogP contribution < -0.4 is 15.3 Å². The molecular formula is C23H25ClN4O2. The zero-order chi connectivity index (χ0) is 21.3. The highest BCUT2D eigenvalue weighted by molar-refractivity contribution is 6.30. The van der Waals surface area contributed by atoms with Crippen LogP contribution in [0, 0.1) is 13.8 Å². The van der Waals surface area contributed by atoms with Gasteiger partial charge < -0.3 is 9.80 Å². The Kier molecular flexibility index (Phi) is 5.68. The molecule has 0 saturated carbocycles. The highest BCUT2D eigenvalue weighted by Gasteiger charge is 2.29. The number of halogens is 1. The molecule has 1 saturated heterocycles. The fourth-order valence-corrected chi connectivity index (χ4v) is 3.97. The first-order chi connectivity index (χ1) is 14.4. The van der Waals surface area contributed by atoms with Gasteiger partial charge in [0, 0.05) is 43.3 Å². The van der Waals surface area contributed by atoms with Crippen molar-refractivity contribution in [3.05, 3.63) is 70.4 Å². The van der Waals surface area contributed by atoms with E-state index in [1.165, 1.54) is 21.8 Å². The monoisotopic (exact) mass is 424 g/mol. The van der Waals surface area contributed by atoms with Gasteiger partial charge >= 0.3 is 0 Å². The maximum absolute atomic E-state index is 13.1. The minimum Gasteiger partial charge on any atom is -0.368 e. The molecule has 156 valence electrons. The number of hydrogen-bond acceptors (Lipinski definition) is 4. The van der Waals surface area contributed by atoms with E-state index in [4.69, 9.17) is 11.6 Å². The Hall–Kier alpha value is -2.99. The van der Waals surface area contributed by atoms with E-state index in [1.54, 1.807) is 30.3 Å². The Morgan fingerprint density at radius 2 is 1.70 bits per heavy atom. The van der Waals surface area contributed by atoms with Crippen molar-refractivity contribution in [1.29, 1.82) is 0 Å². The molecule has 30 heavy (non-hydrogen) atoms. The third kappa shape index (κ3) is 4.00. The zero-order valence-electron chi connectivity index (χ0n) is 17.2. The second-order valence-corrected chi connectivity index (χ2v) is 8.07. The summed E-state index contributed by atoms with van der Waals surface area (Å²) < 4.78 is 0. The Labute approximate surface area is 181 Å². The van der Waals surface area contributed by atoms with E-state index in [0.717, 1.165) is 13.1 Å². The molecule has 2 heterocycles. The molecule has 0 atom stereocenters. The van der Waals surface area contributed by atoms with Crippen molar-refractivity contribution < 1.29 is 9.59 Å². The maximum Gasteiger partial charge on any atom is 0.271 e. The van der Waals surface area contributed by atoms with Gasteiger partial charge in [0.25, 0.3) is 5.91 Å². The van der Waals surface area contributed by atoms with E-state index in [1.807, 2.05) is 4.90 Å². The molecule has 0 radical (unpaired) electrons. The highest BCUT2D eigenvalue weighted by atomic mass is 35.5. The van der Waals surface area contributed by atoms with E-state index in [2.05, 4.69) is 42.4 Å². The summed E-state index contributed by atoms with van der Waals surface area (Å²) >= 11 is 5.94. The third-order valence-electron chi connectivity index (χ3n) is 5.76. The lowest BCUT2D eigenvalue weighted by atomic mass is 10.1. The summed E-state index contributed by atoms with van der Waals surface area (Å²) in [6.07, 6.45) is 1.85. The van der Waals surface area contributed by atoms with Gasteiger partial charge in [0.05, 0.1) is 5.69 Å². The summed E-state index contributed by atoms with van der Waals surface area (Å²) in [5.41, 5.74) is 7.87. The molecule has 2 aromatic rings. The predicted octanol–water partition coefficient (Wildman–Crippen LogP) is 3.43. The van der Waals surface area contributed by atoms with Crippen molar-refractivity contribution >= 4 is 34.8 Å². The summed E-state index contributed by atoms with van der Waals surface area (Å²) in [5, 5.41) is 2.01. The molecule has 2 aliphatic rings. The largest absolute Gasteiger partial charge is 0.368 e. The van der Waals surface area contributed by atoms with Gasteiger partial charge in [-0.25, -0.2) is 5.01 Å². The van der Waals surface area contributed by atoms with Crippen LogP contribution in [0.15, 0.2) is 54.2 Å². The Balaban J connectivity index is 1.42. The first-order valence-corrected chi connectivity index (χ1v) is 10.5. The molecule has 0 bridgehead atoms. The van der Waals surface area contributed by atoms with Crippen LogP contribution in [0.5, 0.6) is 0 Å². The number of piperazine rings is 1.